The summed E-state index contributed by atoms with van der Waals surface area (Å²) in [6.07, 6.45) is 1.54. The van der Waals surface area contributed by atoms with Crippen molar-refractivity contribution in [2.75, 3.05) is 13.1 Å². The van der Waals surface area contributed by atoms with Crippen molar-refractivity contribution in [1.29, 1.82) is 0 Å². The second-order valence-corrected chi connectivity index (χ2v) is 5.32. The van der Waals surface area contributed by atoms with Crippen LogP contribution < -0.4 is 5.73 Å². The predicted molar refractivity (Wildman–Crippen MR) is 63.9 cm³/mol. The van der Waals surface area contributed by atoms with Crippen molar-refractivity contribution >= 4 is 6.09 Å². The largest absolute Gasteiger partial charge is 0.444 e. The highest BCUT2D eigenvalue weighted by Crippen LogP contribution is 2.22. The first-order valence-electron chi connectivity index (χ1n) is 5.72. The molecule has 0 radical (unpaired) electrons. The zero-order valence-electron chi connectivity index (χ0n) is 10.5. The van der Waals surface area contributed by atoms with E-state index in [-0.39, 0.29) is 6.09 Å². The molecule has 1 aliphatic heterocycles. The Bertz CT molecular complexity index is 273. The van der Waals surface area contributed by atoms with E-state index in [4.69, 9.17) is 10.5 Å². The van der Waals surface area contributed by atoms with Crippen molar-refractivity contribution in [2.45, 2.75) is 39.2 Å². The van der Waals surface area contributed by atoms with E-state index < -0.39 is 5.60 Å². The average Bonchev–Trinajstić information content (AvgIpc) is 2.15. The van der Waals surface area contributed by atoms with E-state index in [0.29, 0.717) is 19.0 Å². The second-order valence-electron chi connectivity index (χ2n) is 5.32. The van der Waals surface area contributed by atoms with E-state index in [0.717, 1.165) is 18.5 Å². The summed E-state index contributed by atoms with van der Waals surface area (Å²) >= 11 is 0. The van der Waals surface area contributed by atoms with Gasteiger partial charge in [-0.15, -0.1) is 0 Å². The first kappa shape index (κ1) is 12.9. The number of rotatable bonds is 1. The molecule has 4 heteroatoms. The summed E-state index contributed by atoms with van der Waals surface area (Å²) in [5, 5.41) is 0. The molecule has 0 aliphatic carbocycles. The number of likely N-dealkylation sites (tertiary alicyclic amines) is 1. The summed E-state index contributed by atoms with van der Waals surface area (Å²) < 4.78 is 5.31. The SMILES string of the molecule is C=C(N)C1CCN(C(=O)OC(C)(C)C)CC1. The van der Waals surface area contributed by atoms with Gasteiger partial charge in [-0.3, -0.25) is 0 Å². The molecule has 1 fully saturated rings. The van der Waals surface area contributed by atoms with Gasteiger partial charge in [0.1, 0.15) is 5.60 Å². The molecule has 2 N–H and O–H groups in total. The topological polar surface area (TPSA) is 55.6 Å². The minimum Gasteiger partial charge on any atom is -0.444 e. The molecule has 0 unspecified atom stereocenters. The number of nitrogens with two attached hydrogens (primary N) is 1. The van der Waals surface area contributed by atoms with Crippen LogP contribution in [0.1, 0.15) is 33.6 Å². The molecular weight excluding hydrogens is 204 g/mol. The first-order chi connectivity index (χ1) is 7.29. The Labute approximate surface area is 97.4 Å². The van der Waals surface area contributed by atoms with E-state index in [9.17, 15) is 4.79 Å². The molecule has 16 heavy (non-hydrogen) atoms. The number of carbonyl (C=O) groups excluding carboxylic acids is 1. The van der Waals surface area contributed by atoms with Crippen LogP contribution in [-0.4, -0.2) is 29.7 Å². The van der Waals surface area contributed by atoms with Crippen LogP contribution >= 0.6 is 0 Å². The summed E-state index contributed by atoms with van der Waals surface area (Å²) in [4.78, 5) is 13.5. The standard InChI is InChI=1S/C12H22N2O2/c1-9(13)10-5-7-14(8-6-10)11(15)16-12(2,3)4/h10H,1,5-8,13H2,2-4H3. The van der Waals surface area contributed by atoms with E-state index in [1.807, 2.05) is 20.8 Å². The van der Waals surface area contributed by atoms with Gasteiger partial charge in [-0.05, 0) is 33.6 Å². The van der Waals surface area contributed by atoms with Crippen LogP contribution in [0.25, 0.3) is 0 Å². The first-order valence-corrected chi connectivity index (χ1v) is 5.72. The van der Waals surface area contributed by atoms with Gasteiger partial charge < -0.3 is 15.4 Å². The summed E-state index contributed by atoms with van der Waals surface area (Å²) in [5.74, 6) is 0.346. The quantitative estimate of drug-likeness (QED) is 0.745. The lowest BCUT2D eigenvalue weighted by atomic mass is 9.95. The summed E-state index contributed by atoms with van der Waals surface area (Å²) in [6.45, 7) is 10.8. The zero-order valence-corrected chi connectivity index (χ0v) is 10.5. The summed E-state index contributed by atoms with van der Waals surface area (Å²) in [7, 11) is 0. The Balaban J connectivity index is 2.42. The van der Waals surface area contributed by atoms with Gasteiger partial charge in [-0.1, -0.05) is 6.58 Å². The van der Waals surface area contributed by atoms with E-state index in [1.54, 1.807) is 4.90 Å². The smallest absolute Gasteiger partial charge is 0.410 e. The molecule has 1 heterocycles. The van der Waals surface area contributed by atoms with E-state index in [2.05, 4.69) is 6.58 Å². The molecule has 0 aromatic heterocycles. The highest BCUT2D eigenvalue weighted by atomic mass is 16.6. The van der Waals surface area contributed by atoms with Crippen LogP contribution in [0.4, 0.5) is 4.79 Å². The highest BCUT2D eigenvalue weighted by Gasteiger charge is 2.27. The van der Waals surface area contributed by atoms with Gasteiger partial charge in [-0.2, -0.15) is 0 Å². The molecular formula is C12H22N2O2. The van der Waals surface area contributed by atoms with Gasteiger partial charge >= 0.3 is 6.09 Å². The van der Waals surface area contributed by atoms with Crippen molar-refractivity contribution in [3.05, 3.63) is 12.3 Å². The van der Waals surface area contributed by atoms with Crippen LogP contribution in [0.5, 0.6) is 0 Å². The van der Waals surface area contributed by atoms with Gasteiger partial charge in [0.15, 0.2) is 0 Å². The van der Waals surface area contributed by atoms with Crippen molar-refractivity contribution in [3.63, 3.8) is 0 Å². The monoisotopic (exact) mass is 226 g/mol. The predicted octanol–water partition coefficient (Wildman–Crippen LogP) is 2.11. The number of allylic oxidation sites excluding steroid dienone is 1. The number of piperidine rings is 1. The van der Waals surface area contributed by atoms with Crippen LogP contribution in [0, 0.1) is 5.92 Å². The Morgan fingerprint density at radius 2 is 1.88 bits per heavy atom. The van der Waals surface area contributed by atoms with Crippen molar-refractivity contribution in [1.82, 2.24) is 4.90 Å². The van der Waals surface area contributed by atoms with Crippen LogP contribution in [-0.2, 0) is 4.74 Å². The number of amides is 1. The van der Waals surface area contributed by atoms with Crippen molar-refractivity contribution < 1.29 is 9.53 Å². The maximum Gasteiger partial charge on any atom is 0.410 e. The molecule has 0 aromatic rings. The molecule has 1 amide bonds. The highest BCUT2D eigenvalue weighted by molar-refractivity contribution is 5.68. The van der Waals surface area contributed by atoms with E-state index in [1.165, 1.54) is 0 Å². The molecule has 1 saturated heterocycles. The average molecular weight is 226 g/mol. The lowest BCUT2D eigenvalue weighted by Crippen LogP contribution is -2.42. The fourth-order valence-corrected chi connectivity index (χ4v) is 1.76. The maximum atomic E-state index is 11.7. The Kier molecular flexibility index (Phi) is 3.83. The lowest BCUT2D eigenvalue weighted by molar-refractivity contribution is 0.0194. The molecule has 0 saturated carbocycles. The van der Waals surface area contributed by atoms with Gasteiger partial charge in [0.25, 0.3) is 0 Å². The third kappa shape index (κ3) is 3.76. The molecule has 0 atom stereocenters. The van der Waals surface area contributed by atoms with Crippen LogP contribution in [0.3, 0.4) is 0 Å². The molecule has 0 bridgehead atoms. The third-order valence-electron chi connectivity index (χ3n) is 2.67. The maximum absolute atomic E-state index is 11.7. The minimum absolute atomic E-state index is 0.228. The summed E-state index contributed by atoms with van der Waals surface area (Å²) in [5.41, 5.74) is 5.96. The molecule has 1 rings (SSSR count). The number of ether oxygens (including phenoxy) is 1. The Hall–Kier alpha value is -1.19. The van der Waals surface area contributed by atoms with Crippen molar-refractivity contribution in [3.8, 4) is 0 Å². The van der Waals surface area contributed by atoms with Gasteiger partial charge in [-0.25, -0.2) is 4.79 Å². The van der Waals surface area contributed by atoms with Crippen LogP contribution in [0.2, 0.25) is 0 Å². The Morgan fingerprint density at radius 3 is 2.25 bits per heavy atom. The molecule has 0 aromatic carbocycles. The minimum atomic E-state index is -0.425. The van der Waals surface area contributed by atoms with Gasteiger partial charge in [0.05, 0.1) is 0 Å². The Morgan fingerprint density at radius 1 is 1.38 bits per heavy atom. The fraction of sp³-hybridized carbons (Fsp3) is 0.750. The summed E-state index contributed by atoms with van der Waals surface area (Å²) in [6, 6.07) is 0. The number of hydrogen-bond acceptors (Lipinski definition) is 3. The molecule has 1 aliphatic rings. The van der Waals surface area contributed by atoms with E-state index >= 15 is 0 Å². The van der Waals surface area contributed by atoms with Gasteiger partial charge in [0, 0.05) is 24.7 Å². The number of nitrogens with zero attached hydrogens (tertiary/aromatic N) is 1. The normalized spacial score (nSPS) is 18.3. The fourth-order valence-electron chi connectivity index (χ4n) is 1.76. The molecule has 92 valence electrons. The van der Waals surface area contributed by atoms with Crippen molar-refractivity contribution in [2.24, 2.45) is 11.7 Å². The molecule has 4 nitrogen and oxygen atoms in total. The number of carbonyl (C=O) groups is 1. The number of hydrogen-bond donors (Lipinski definition) is 1. The molecule has 0 spiro atoms. The zero-order chi connectivity index (χ0) is 12.3. The van der Waals surface area contributed by atoms with Gasteiger partial charge in [0.2, 0.25) is 0 Å². The second kappa shape index (κ2) is 4.76. The third-order valence-corrected chi connectivity index (χ3v) is 2.67. The van der Waals surface area contributed by atoms with Crippen LogP contribution in [0.15, 0.2) is 12.3 Å². The lowest BCUT2D eigenvalue weighted by Gasteiger charge is -2.33.